The van der Waals surface area contributed by atoms with Crippen LogP contribution in [0.25, 0.3) is 0 Å². The Hall–Kier alpha value is -6.36. The third-order valence-corrected chi connectivity index (χ3v) is 8.02. The zero-order chi connectivity index (χ0) is 46.2. The molecule has 0 saturated carbocycles. The quantitative estimate of drug-likeness (QED) is 0.0247. The van der Waals surface area contributed by atoms with E-state index in [-0.39, 0.29) is 0 Å². The molecule has 0 spiro atoms. The lowest BCUT2D eigenvalue weighted by Gasteiger charge is -2.28. The highest BCUT2D eigenvalue weighted by molar-refractivity contribution is 5.62. The van der Waals surface area contributed by atoms with E-state index in [2.05, 4.69) is 59.8 Å². The van der Waals surface area contributed by atoms with E-state index >= 15 is 0 Å². The molecule has 4 heterocycles. The second kappa shape index (κ2) is 23.7. The van der Waals surface area contributed by atoms with E-state index in [0.29, 0.717) is 14.7 Å². The van der Waals surface area contributed by atoms with E-state index in [0.717, 1.165) is 29.4 Å². The van der Waals surface area contributed by atoms with E-state index in [1.54, 1.807) is 0 Å². The third kappa shape index (κ3) is 11.2. The maximum Gasteiger partial charge on any atom is 0.240 e. The van der Waals surface area contributed by atoms with Crippen molar-refractivity contribution in [3.63, 3.8) is 0 Å². The molecule has 36 heteroatoms. The molecule has 0 aliphatic rings. The number of hydrogen-bond acceptors (Lipinski definition) is 36. The lowest BCUT2D eigenvalue weighted by Crippen LogP contribution is -2.35. The summed E-state index contributed by atoms with van der Waals surface area (Å²) in [6.45, 7) is -14.1. The minimum Gasteiger partial charge on any atom is -0.376 e. The van der Waals surface area contributed by atoms with Crippen molar-refractivity contribution in [1.29, 1.82) is 0 Å². The van der Waals surface area contributed by atoms with E-state index in [1.165, 1.54) is 0 Å². The number of nitrogens with zero attached hydrogens (tertiary/aromatic N) is 21. The molecular formula is C27H45N21O15. The van der Waals surface area contributed by atoms with Crippen molar-refractivity contribution >= 4 is 71.4 Å². The number of rotatable bonds is 27. The summed E-state index contributed by atoms with van der Waals surface area (Å²) >= 11 is 0. The zero-order valence-electron chi connectivity index (χ0n) is 32.7. The lowest BCUT2D eigenvalue weighted by molar-refractivity contribution is 0.216. The van der Waals surface area contributed by atoms with Gasteiger partial charge in [-0.1, -0.05) is 0 Å². The topological polar surface area (TPSA) is 487 Å². The van der Waals surface area contributed by atoms with Crippen molar-refractivity contribution in [2.45, 2.75) is 0 Å². The van der Waals surface area contributed by atoms with Crippen LogP contribution in [0.3, 0.4) is 0 Å². The number of aliphatic hydroxyl groups excluding tert-OH is 15. The highest BCUT2D eigenvalue weighted by Crippen LogP contribution is 2.31. The summed E-state index contributed by atoms with van der Waals surface area (Å²) in [4.78, 5) is 56.5. The van der Waals surface area contributed by atoms with Crippen LogP contribution in [0.15, 0.2) is 0 Å². The summed E-state index contributed by atoms with van der Waals surface area (Å²) in [5, 5.41) is 151. The van der Waals surface area contributed by atoms with Gasteiger partial charge < -0.3 is 76.6 Å². The molecule has 348 valence electrons. The Morgan fingerprint density at radius 2 is 0.286 bits per heavy atom. The first-order valence-corrected chi connectivity index (χ1v) is 17.5. The average molecular weight is 904 g/mol. The van der Waals surface area contributed by atoms with Crippen LogP contribution < -0.4 is 44.1 Å². The smallest absolute Gasteiger partial charge is 0.240 e. The first-order chi connectivity index (χ1) is 30.5. The number of hydrogen-bond donors (Lipinski definition) is 15. The van der Waals surface area contributed by atoms with E-state index in [1.807, 2.05) is 0 Å². The molecule has 0 atom stereocenters. The molecule has 0 bridgehead atoms. The molecular weight excluding hydrogens is 858 g/mol. The van der Waals surface area contributed by atoms with Gasteiger partial charge in [0.15, 0.2) is 0 Å². The maximum absolute atomic E-state index is 10.8. The molecule has 0 saturated heterocycles. The zero-order valence-corrected chi connectivity index (χ0v) is 32.7. The Bertz CT molecular complexity index is 1690. The Morgan fingerprint density at radius 1 is 0.175 bits per heavy atom. The Labute approximate surface area is 352 Å². The number of aromatic nitrogens is 12. The second-order valence-corrected chi connectivity index (χ2v) is 11.6. The molecule has 0 aromatic carbocycles. The van der Waals surface area contributed by atoms with Crippen LogP contribution >= 0.6 is 0 Å². The van der Waals surface area contributed by atoms with Gasteiger partial charge in [0.1, 0.15) is 101 Å². The molecule has 4 aromatic heterocycles. The normalized spacial score (nSPS) is 11.1. The number of anilines is 12. The van der Waals surface area contributed by atoms with Gasteiger partial charge in [-0.2, -0.15) is 59.8 Å². The average Bonchev–Trinajstić information content (AvgIpc) is 3.30. The van der Waals surface area contributed by atoms with Gasteiger partial charge in [0.2, 0.25) is 71.4 Å². The van der Waals surface area contributed by atoms with Gasteiger partial charge in [-0.25, -0.2) is 0 Å². The highest BCUT2D eigenvalue weighted by Gasteiger charge is 2.30. The van der Waals surface area contributed by atoms with Gasteiger partial charge in [0, 0.05) is 0 Å². The minimum absolute atomic E-state index is 0.492. The fourth-order valence-corrected chi connectivity index (χ4v) is 4.62. The number of aliphatic hydroxyl groups is 15. The summed E-state index contributed by atoms with van der Waals surface area (Å²) in [5.41, 5.74) is 0. The van der Waals surface area contributed by atoms with Crippen molar-refractivity contribution < 1.29 is 76.6 Å². The van der Waals surface area contributed by atoms with Gasteiger partial charge in [-0.3, -0.25) is 44.1 Å². The van der Waals surface area contributed by atoms with Gasteiger partial charge in [-0.05, 0) is 0 Å². The minimum atomic E-state index is -1.16. The summed E-state index contributed by atoms with van der Waals surface area (Å²) in [7, 11) is 0. The Balaban J connectivity index is 2.12. The van der Waals surface area contributed by atoms with Gasteiger partial charge in [-0.15, -0.1) is 0 Å². The van der Waals surface area contributed by atoms with Crippen LogP contribution in [0.4, 0.5) is 71.4 Å². The van der Waals surface area contributed by atoms with Crippen molar-refractivity contribution in [2.75, 3.05) is 145 Å². The standard InChI is InChI=1S/C27H45N21O15/c49-1-40(2-50)16-28-17(41(3-51)4-52)32-22(31-16)46(13-61)25-37-26(47(14-62)23-33-18(42(5-53)6-54)29-19(34-23)43(7-55)8-56)39-27(38-25)48(15-63)24-35-20(44(9-57)10-58)30-21(36-24)45(11-59)12-60/h49-63H,1-15H2. The summed E-state index contributed by atoms with van der Waals surface area (Å²) in [6.07, 6.45) is 0. The second-order valence-electron chi connectivity index (χ2n) is 11.6. The van der Waals surface area contributed by atoms with Gasteiger partial charge in [0.05, 0.1) is 0 Å². The van der Waals surface area contributed by atoms with Crippen LogP contribution in [-0.4, -0.2) is 237 Å². The van der Waals surface area contributed by atoms with Gasteiger partial charge >= 0.3 is 0 Å². The predicted molar refractivity (Wildman–Crippen MR) is 207 cm³/mol. The Morgan fingerprint density at radius 3 is 0.397 bits per heavy atom. The predicted octanol–water partition coefficient (Wildman–Crippen LogP) is -10.1. The maximum atomic E-state index is 10.8. The summed E-state index contributed by atoms with van der Waals surface area (Å²) < 4.78 is 0. The molecule has 15 N–H and O–H groups in total. The monoisotopic (exact) mass is 903 g/mol. The molecule has 4 rings (SSSR count). The van der Waals surface area contributed by atoms with Crippen molar-refractivity contribution in [2.24, 2.45) is 0 Å². The molecule has 0 amide bonds. The third-order valence-electron chi connectivity index (χ3n) is 8.02. The molecule has 36 nitrogen and oxygen atoms in total. The molecule has 0 fully saturated rings. The van der Waals surface area contributed by atoms with Crippen LogP contribution in [0.5, 0.6) is 0 Å². The van der Waals surface area contributed by atoms with E-state index in [4.69, 9.17) is 0 Å². The van der Waals surface area contributed by atoms with Crippen LogP contribution in [0.2, 0.25) is 0 Å². The van der Waals surface area contributed by atoms with Gasteiger partial charge in [0.25, 0.3) is 0 Å². The van der Waals surface area contributed by atoms with Crippen molar-refractivity contribution in [3.05, 3.63) is 0 Å². The SMILES string of the molecule is OCN(CO)c1nc(N(CO)CO)nc(N(CO)c2nc(N(CO)c3nc(N(CO)CO)nc(N(CO)CO)n3)nc(N(CO)c3nc(N(CO)CO)nc(N(CO)CO)n3)n2)n1. The van der Waals surface area contributed by atoms with Crippen LogP contribution in [0, 0.1) is 0 Å². The van der Waals surface area contributed by atoms with Crippen molar-refractivity contribution in [1.82, 2.24) is 59.8 Å². The fourth-order valence-electron chi connectivity index (χ4n) is 4.62. The Kier molecular flexibility index (Phi) is 18.6. The van der Waals surface area contributed by atoms with E-state index < -0.39 is 172 Å². The molecule has 0 radical (unpaired) electrons. The molecule has 0 aliphatic heterocycles. The first-order valence-electron chi connectivity index (χ1n) is 17.5. The van der Waals surface area contributed by atoms with Crippen molar-refractivity contribution in [3.8, 4) is 0 Å². The first kappa shape index (κ1) is 49.3. The molecule has 0 unspecified atom stereocenters. The lowest BCUT2D eigenvalue weighted by atomic mass is 10.6. The van der Waals surface area contributed by atoms with E-state index in [9.17, 15) is 76.6 Å². The molecule has 0 aliphatic carbocycles. The fraction of sp³-hybridized carbons (Fsp3) is 0.556. The summed E-state index contributed by atoms with van der Waals surface area (Å²) in [5.74, 6) is -6.94. The molecule has 4 aromatic rings. The van der Waals surface area contributed by atoms with Crippen LogP contribution in [0.1, 0.15) is 0 Å². The summed E-state index contributed by atoms with van der Waals surface area (Å²) in [6, 6.07) is 0. The molecule has 63 heavy (non-hydrogen) atoms. The highest BCUT2D eigenvalue weighted by atomic mass is 16.3. The largest absolute Gasteiger partial charge is 0.376 e. The van der Waals surface area contributed by atoms with Crippen LogP contribution in [-0.2, 0) is 0 Å².